The zero-order valence-electron chi connectivity index (χ0n) is 14.4. The molecule has 0 bridgehead atoms. The molecular weight excluding hydrogens is 300 g/mol. The molecule has 1 aromatic rings. The maximum atomic E-state index is 11.9. The highest BCUT2D eigenvalue weighted by atomic mass is 16.2. The van der Waals surface area contributed by atoms with Gasteiger partial charge in [-0.25, -0.2) is 9.78 Å². The van der Waals surface area contributed by atoms with E-state index in [1.165, 1.54) is 44.1 Å². The fourth-order valence-electron chi connectivity index (χ4n) is 3.37. The van der Waals surface area contributed by atoms with Gasteiger partial charge in [-0.1, -0.05) is 17.7 Å². The van der Waals surface area contributed by atoms with Crippen molar-refractivity contribution in [3.05, 3.63) is 35.5 Å². The topological polar surface area (TPSA) is 57.3 Å². The van der Waals surface area contributed by atoms with Crippen LogP contribution in [0.4, 0.5) is 10.6 Å². The summed E-state index contributed by atoms with van der Waals surface area (Å²) in [6, 6.07) is 4.00. The molecule has 2 heterocycles. The number of hydrogen-bond acceptors (Lipinski definition) is 3. The number of rotatable bonds is 6. The molecule has 0 radical (unpaired) electrons. The van der Waals surface area contributed by atoms with Gasteiger partial charge in [-0.3, -0.25) is 0 Å². The predicted molar refractivity (Wildman–Crippen MR) is 97.1 cm³/mol. The molecule has 1 aromatic heterocycles. The monoisotopic (exact) mass is 328 g/mol. The van der Waals surface area contributed by atoms with Crippen LogP contribution in [0.3, 0.4) is 0 Å². The number of carbonyl (C=O) groups excluding carboxylic acids is 1. The Morgan fingerprint density at radius 2 is 2.00 bits per heavy atom. The van der Waals surface area contributed by atoms with Gasteiger partial charge in [0.1, 0.15) is 5.82 Å². The van der Waals surface area contributed by atoms with Gasteiger partial charge in [0, 0.05) is 32.4 Å². The summed E-state index contributed by atoms with van der Waals surface area (Å²) in [6.45, 7) is 3.43. The molecule has 0 unspecified atom stereocenters. The van der Waals surface area contributed by atoms with Crippen LogP contribution in [0.1, 0.15) is 50.5 Å². The number of anilines is 1. The first-order valence-electron chi connectivity index (χ1n) is 9.21. The van der Waals surface area contributed by atoms with E-state index in [1.807, 2.05) is 12.3 Å². The van der Waals surface area contributed by atoms with Gasteiger partial charge in [-0.05, 0) is 56.6 Å². The van der Waals surface area contributed by atoms with Gasteiger partial charge < -0.3 is 15.5 Å². The lowest BCUT2D eigenvalue weighted by Crippen LogP contribution is -2.35. The fourth-order valence-corrected chi connectivity index (χ4v) is 3.37. The minimum absolute atomic E-state index is 0.102. The summed E-state index contributed by atoms with van der Waals surface area (Å²) in [5, 5.41) is 5.84. The van der Waals surface area contributed by atoms with E-state index in [0.29, 0.717) is 13.1 Å². The summed E-state index contributed by atoms with van der Waals surface area (Å²) in [7, 11) is 0. The van der Waals surface area contributed by atoms with Crippen molar-refractivity contribution in [2.24, 2.45) is 0 Å². The van der Waals surface area contributed by atoms with Crippen LogP contribution < -0.4 is 15.5 Å². The fraction of sp³-hybridized carbons (Fsp3) is 0.579. The normalized spacial score (nSPS) is 17.5. The SMILES string of the molecule is O=C(NCCC1=CCCCC1)NCc1ccc(N2CCCC2)nc1. The second-order valence-electron chi connectivity index (χ2n) is 6.69. The summed E-state index contributed by atoms with van der Waals surface area (Å²) < 4.78 is 0. The minimum atomic E-state index is -0.102. The zero-order valence-corrected chi connectivity index (χ0v) is 14.4. The number of allylic oxidation sites excluding steroid dienone is 1. The van der Waals surface area contributed by atoms with Crippen LogP contribution in [0.5, 0.6) is 0 Å². The molecule has 0 spiro atoms. The van der Waals surface area contributed by atoms with E-state index in [1.54, 1.807) is 0 Å². The highest BCUT2D eigenvalue weighted by Crippen LogP contribution is 2.19. The average molecular weight is 328 g/mol. The Morgan fingerprint density at radius 3 is 2.71 bits per heavy atom. The van der Waals surface area contributed by atoms with E-state index < -0.39 is 0 Å². The first kappa shape index (κ1) is 16.8. The van der Waals surface area contributed by atoms with Crippen molar-refractivity contribution in [1.82, 2.24) is 15.6 Å². The number of carbonyl (C=O) groups is 1. The van der Waals surface area contributed by atoms with Crippen molar-refractivity contribution in [3.8, 4) is 0 Å². The van der Waals surface area contributed by atoms with Crippen LogP contribution in [0.15, 0.2) is 30.0 Å². The minimum Gasteiger partial charge on any atom is -0.357 e. The predicted octanol–water partition coefficient (Wildman–Crippen LogP) is 3.37. The molecule has 3 rings (SSSR count). The van der Waals surface area contributed by atoms with Crippen molar-refractivity contribution in [2.75, 3.05) is 24.5 Å². The summed E-state index contributed by atoms with van der Waals surface area (Å²) in [5.74, 6) is 1.04. The molecule has 1 aliphatic carbocycles. The number of pyridine rings is 1. The summed E-state index contributed by atoms with van der Waals surface area (Å²) in [6.07, 6.45) is 12.7. The molecule has 2 N–H and O–H groups in total. The molecule has 0 atom stereocenters. The number of aromatic nitrogens is 1. The van der Waals surface area contributed by atoms with Crippen molar-refractivity contribution in [1.29, 1.82) is 0 Å². The van der Waals surface area contributed by atoms with Gasteiger partial charge in [0.2, 0.25) is 0 Å². The second kappa shape index (κ2) is 8.71. The van der Waals surface area contributed by atoms with Crippen LogP contribution in [-0.2, 0) is 6.54 Å². The van der Waals surface area contributed by atoms with E-state index in [-0.39, 0.29) is 6.03 Å². The lowest BCUT2D eigenvalue weighted by molar-refractivity contribution is 0.240. The van der Waals surface area contributed by atoms with Crippen LogP contribution in [0.2, 0.25) is 0 Å². The van der Waals surface area contributed by atoms with Crippen LogP contribution >= 0.6 is 0 Å². The van der Waals surface area contributed by atoms with Gasteiger partial charge in [0.25, 0.3) is 0 Å². The van der Waals surface area contributed by atoms with Gasteiger partial charge >= 0.3 is 6.03 Å². The summed E-state index contributed by atoms with van der Waals surface area (Å²) >= 11 is 0. The van der Waals surface area contributed by atoms with Crippen molar-refractivity contribution in [3.63, 3.8) is 0 Å². The van der Waals surface area contributed by atoms with E-state index in [0.717, 1.165) is 30.9 Å². The maximum Gasteiger partial charge on any atom is 0.315 e. The Bertz CT molecular complexity index is 561. The van der Waals surface area contributed by atoms with E-state index in [4.69, 9.17) is 0 Å². The van der Waals surface area contributed by atoms with Crippen molar-refractivity contribution < 1.29 is 4.79 Å². The Hall–Kier alpha value is -2.04. The third-order valence-electron chi connectivity index (χ3n) is 4.81. The standard InChI is InChI=1S/C19H28N4O/c24-19(20-11-10-16-6-2-1-3-7-16)22-15-17-8-9-18(21-14-17)23-12-4-5-13-23/h6,8-9,14H,1-5,7,10-13,15H2,(H2,20,22,24). The summed E-state index contributed by atoms with van der Waals surface area (Å²) in [4.78, 5) is 18.7. The van der Waals surface area contributed by atoms with Crippen molar-refractivity contribution in [2.45, 2.75) is 51.5 Å². The molecule has 1 fully saturated rings. The molecule has 2 amide bonds. The lowest BCUT2D eigenvalue weighted by atomic mass is 9.97. The Morgan fingerprint density at radius 1 is 1.12 bits per heavy atom. The van der Waals surface area contributed by atoms with Crippen LogP contribution in [0, 0.1) is 0 Å². The van der Waals surface area contributed by atoms with E-state index in [2.05, 4.69) is 32.7 Å². The first-order chi connectivity index (χ1) is 11.8. The smallest absolute Gasteiger partial charge is 0.315 e. The molecule has 1 aliphatic heterocycles. The second-order valence-corrected chi connectivity index (χ2v) is 6.69. The highest BCUT2D eigenvalue weighted by Gasteiger charge is 2.13. The quantitative estimate of drug-likeness (QED) is 0.787. The molecule has 1 saturated heterocycles. The molecule has 5 nitrogen and oxygen atoms in total. The molecule has 5 heteroatoms. The van der Waals surface area contributed by atoms with Crippen molar-refractivity contribution >= 4 is 11.8 Å². The molecule has 0 aromatic carbocycles. The molecule has 24 heavy (non-hydrogen) atoms. The van der Waals surface area contributed by atoms with Gasteiger partial charge in [0.15, 0.2) is 0 Å². The van der Waals surface area contributed by atoms with Crippen LogP contribution in [-0.4, -0.2) is 30.6 Å². The number of nitrogens with zero attached hydrogens (tertiary/aromatic N) is 2. The lowest BCUT2D eigenvalue weighted by Gasteiger charge is -2.16. The third kappa shape index (κ3) is 4.98. The number of urea groups is 1. The highest BCUT2D eigenvalue weighted by molar-refractivity contribution is 5.73. The Balaban J connectivity index is 1.35. The molecule has 2 aliphatic rings. The third-order valence-corrected chi connectivity index (χ3v) is 4.81. The number of amides is 2. The Labute approximate surface area is 144 Å². The molecular formula is C19H28N4O. The van der Waals surface area contributed by atoms with E-state index in [9.17, 15) is 4.79 Å². The number of nitrogens with one attached hydrogen (secondary N) is 2. The van der Waals surface area contributed by atoms with Gasteiger partial charge in [0.05, 0.1) is 0 Å². The Kier molecular flexibility index (Phi) is 6.10. The largest absolute Gasteiger partial charge is 0.357 e. The average Bonchev–Trinajstić information content (AvgIpc) is 3.16. The molecule has 0 saturated carbocycles. The molecule has 130 valence electrons. The van der Waals surface area contributed by atoms with Crippen LogP contribution in [0.25, 0.3) is 0 Å². The van der Waals surface area contributed by atoms with Gasteiger partial charge in [-0.2, -0.15) is 0 Å². The maximum absolute atomic E-state index is 11.9. The summed E-state index contributed by atoms with van der Waals surface area (Å²) in [5.41, 5.74) is 2.52. The van der Waals surface area contributed by atoms with E-state index >= 15 is 0 Å². The number of hydrogen-bond donors (Lipinski definition) is 2. The first-order valence-corrected chi connectivity index (χ1v) is 9.21. The van der Waals surface area contributed by atoms with Gasteiger partial charge in [-0.15, -0.1) is 0 Å². The zero-order chi connectivity index (χ0) is 16.6.